The van der Waals surface area contributed by atoms with Crippen molar-refractivity contribution in [2.24, 2.45) is 0 Å². The first-order valence-corrected chi connectivity index (χ1v) is 7.92. The molecule has 0 fully saturated rings. The van der Waals surface area contributed by atoms with Crippen molar-refractivity contribution in [2.45, 2.75) is 13.1 Å². The van der Waals surface area contributed by atoms with Crippen molar-refractivity contribution in [3.63, 3.8) is 0 Å². The molecule has 6 heteroatoms. The van der Waals surface area contributed by atoms with Crippen LogP contribution in [0, 0.1) is 0 Å². The third kappa shape index (κ3) is 4.60. The van der Waals surface area contributed by atoms with E-state index >= 15 is 0 Å². The summed E-state index contributed by atoms with van der Waals surface area (Å²) in [6, 6.07) is 16.7. The van der Waals surface area contributed by atoms with Crippen molar-refractivity contribution in [2.75, 3.05) is 5.32 Å². The summed E-state index contributed by atoms with van der Waals surface area (Å²) in [5.74, 6) is 0. The highest BCUT2D eigenvalue weighted by molar-refractivity contribution is 6.30. The molecule has 0 saturated carbocycles. The molecule has 0 radical (unpaired) electrons. The SMILES string of the molecule is O=C(NCc1ccc(Cl)cc1)Nc1ccc(Cn2cccn2)cc1. The van der Waals surface area contributed by atoms with E-state index in [9.17, 15) is 4.79 Å². The number of nitrogens with one attached hydrogen (secondary N) is 2. The predicted molar refractivity (Wildman–Crippen MR) is 95.1 cm³/mol. The summed E-state index contributed by atoms with van der Waals surface area (Å²) in [6.07, 6.45) is 3.66. The molecule has 2 aromatic carbocycles. The van der Waals surface area contributed by atoms with E-state index in [0.717, 1.165) is 16.8 Å². The minimum absolute atomic E-state index is 0.246. The molecule has 3 aromatic rings. The molecule has 0 saturated heterocycles. The minimum Gasteiger partial charge on any atom is -0.334 e. The maximum absolute atomic E-state index is 11.9. The quantitative estimate of drug-likeness (QED) is 0.740. The number of carbonyl (C=O) groups excluding carboxylic acids is 1. The molecule has 2 amide bonds. The van der Waals surface area contributed by atoms with Crippen LogP contribution in [0.1, 0.15) is 11.1 Å². The van der Waals surface area contributed by atoms with Crippen molar-refractivity contribution in [3.05, 3.63) is 83.1 Å². The van der Waals surface area contributed by atoms with Gasteiger partial charge in [0.05, 0.1) is 6.54 Å². The molecular formula is C18H17ClN4O. The van der Waals surface area contributed by atoms with Gasteiger partial charge < -0.3 is 10.6 Å². The van der Waals surface area contributed by atoms with Crippen molar-refractivity contribution in [1.29, 1.82) is 0 Å². The lowest BCUT2D eigenvalue weighted by atomic mass is 10.2. The molecule has 0 spiro atoms. The fourth-order valence-electron chi connectivity index (χ4n) is 2.23. The van der Waals surface area contributed by atoms with E-state index in [1.165, 1.54) is 0 Å². The molecule has 122 valence electrons. The van der Waals surface area contributed by atoms with Crippen LogP contribution in [-0.2, 0) is 13.1 Å². The van der Waals surface area contributed by atoms with Crippen LogP contribution < -0.4 is 10.6 Å². The zero-order valence-corrected chi connectivity index (χ0v) is 13.7. The Morgan fingerprint density at radius 2 is 1.75 bits per heavy atom. The third-order valence-electron chi connectivity index (χ3n) is 3.48. The van der Waals surface area contributed by atoms with Crippen LogP contribution >= 0.6 is 11.6 Å². The molecule has 0 atom stereocenters. The highest BCUT2D eigenvalue weighted by Gasteiger charge is 2.02. The van der Waals surface area contributed by atoms with E-state index in [4.69, 9.17) is 11.6 Å². The fourth-order valence-corrected chi connectivity index (χ4v) is 2.36. The van der Waals surface area contributed by atoms with Gasteiger partial charge in [0.2, 0.25) is 0 Å². The Hall–Kier alpha value is -2.79. The molecule has 1 heterocycles. The third-order valence-corrected chi connectivity index (χ3v) is 3.73. The molecule has 0 aliphatic carbocycles. The Kier molecular flexibility index (Phi) is 5.13. The molecule has 5 nitrogen and oxygen atoms in total. The van der Waals surface area contributed by atoms with Gasteiger partial charge in [-0.25, -0.2) is 4.79 Å². The second kappa shape index (κ2) is 7.66. The standard InChI is InChI=1S/C18H17ClN4O/c19-16-6-2-14(3-7-16)12-20-18(24)22-17-8-4-15(5-9-17)13-23-11-1-10-21-23/h1-11H,12-13H2,(H2,20,22,24). The van der Waals surface area contributed by atoms with Crippen LogP contribution in [0.25, 0.3) is 0 Å². The van der Waals surface area contributed by atoms with Crippen LogP contribution in [0.2, 0.25) is 5.02 Å². The van der Waals surface area contributed by atoms with Gasteiger partial charge in [0.25, 0.3) is 0 Å². The Bertz CT molecular complexity index is 783. The van der Waals surface area contributed by atoms with E-state index < -0.39 is 0 Å². The van der Waals surface area contributed by atoms with Crippen molar-refractivity contribution >= 4 is 23.3 Å². The van der Waals surface area contributed by atoms with E-state index in [2.05, 4.69) is 15.7 Å². The van der Waals surface area contributed by atoms with E-state index in [-0.39, 0.29) is 6.03 Å². The van der Waals surface area contributed by atoms with Crippen LogP contribution in [0.3, 0.4) is 0 Å². The highest BCUT2D eigenvalue weighted by atomic mass is 35.5. The first kappa shape index (κ1) is 16.1. The minimum atomic E-state index is -0.246. The Balaban J connectivity index is 1.49. The normalized spacial score (nSPS) is 10.4. The number of rotatable bonds is 5. The number of anilines is 1. The summed E-state index contributed by atoms with van der Waals surface area (Å²) in [5.41, 5.74) is 2.85. The van der Waals surface area contributed by atoms with E-state index in [1.54, 1.807) is 18.3 Å². The van der Waals surface area contributed by atoms with Crippen LogP contribution in [-0.4, -0.2) is 15.8 Å². The molecule has 0 aliphatic heterocycles. The number of aromatic nitrogens is 2. The van der Waals surface area contributed by atoms with E-state index in [1.807, 2.05) is 53.3 Å². The van der Waals surface area contributed by atoms with Gasteiger partial charge in [0.15, 0.2) is 0 Å². The van der Waals surface area contributed by atoms with Gasteiger partial charge >= 0.3 is 6.03 Å². The second-order valence-corrected chi connectivity index (χ2v) is 5.77. The maximum atomic E-state index is 11.9. The lowest BCUT2D eigenvalue weighted by molar-refractivity contribution is 0.251. The number of nitrogens with zero attached hydrogens (tertiary/aromatic N) is 2. The van der Waals surface area contributed by atoms with Gasteiger partial charge in [-0.15, -0.1) is 0 Å². The summed E-state index contributed by atoms with van der Waals surface area (Å²) in [7, 11) is 0. The van der Waals surface area contributed by atoms with Crippen LogP contribution in [0.4, 0.5) is 10.5 Å². The molecule has 0 aliphatic rings. The van der Waals surface area contributed by atoms with Crippen molar-refractivity contribution in [1.82, 2.24) is 15.1 Å². The average Bonchev–Trinajstić information content (AvgIpc) is 3.09. The molecule has 1 aromatic heterocycles. The summed E-state index contributed by atoms with van der Waals surface area (Å²) in [4.78, 5) is 11.9. The molecule has 24 heavy (non-hydrogen) atoms. The smallest absolute Gasteiger partial charge is 0.319 e. The van der Waals surface area contributed by atoms with Crippen molar-refractivity contribution in [3.8, 4) is 0 Å². The number of urea groups is 1. The molecule has 3 rings (SSSR count). The first-order valence-electron chi connectivity index (χ1n) is 7.55. The fraction of sp³-hybridized carbons (Fsp3) is 0.111. The summed E-state index contributed by atoms with van der Waals surface area (Å²) < 4.78 is 1.85. The summed E-state index contributed by atoms with van der Waals surface area (Å²) >= 11 is 5.83. The zero-order chi connectivity index (χ0) is 16.8. The van der Waals surface area contributed by atoms with Gasteiger partial charge in [0, 0.05) is 29.6 Å². The maximum Gasteiger partial charge on any atom is 0.319 e. The Labute approximate surface area is 145 Å². The summed E-state index contributed by atoms with van der Waals surface area (Å²) in [6.45, 7) is 1.15. The van der Waals surface area contributed by atoms with Gasteiger partial charge in [0.1, 0.15) is 0 Å². The number of hydrogen-bond acceptors (Lipinski definition) is 2. The molecule has 0 unspecified atom stereocenters. The Morgan fingerprint density at radius 1 is 1.04 bits per heavy atom. The van der Waals surface area contributed by atoms with Gasteiger partial charge in [-0.2, -0.15) is 5.10 Å². The molecule has 2 N–H and O–H groups in total. The highest BCUT2D eigenvalue weighted by Crippen LogP contribution is 2.11. The number of carbonyl (C=O) groups is 1. The van der Waals surface area contributed by atoms with Crippen LogP contribution in [0.5, 0.6) is 0 Å². The monoisotopic (exact) mass is 340 g/mol. The second-order valence-electron chi connectivity index (χ2n) is 5.33. The average molecular weight is 341 g/mol. The van der Waals surface area contributed by atoms with Gasteiger partial charge in [-0.3, -0.25) is 4.68 Å². The van der Waals surface area contributed by atoms with Gasteiger partial charge in [-0.1, -0.05) is 35.9 Å². The van der Waals surface area contributed by atoms with Crippen LogP contribution in [0.15, 0.2) is 67.0 Å². The summed E-state index contributed by atoms with van der Waals surface area (Å²) in [5, 5.41) is 10.5. The molecule has 0 bridgehead atoms. The lowest BCUT2D eigenvalue weighted by Crippen LogP contribution is -2.28. The van der Waals surface area contributed by atoms with Crippen molar-refractivity contribution < 1.29 is 4.79 Å². The zero-order valence-electron chi connectivity index (χ0n) is 12.9. The first-order chi connectivity index (χ1) is 11.7. The number of benzene rings is 2. The predicted octanol–water partition coefficient (Wildman–Crippen LogP) is 3.91. The van der Waals surface area contributed by atoms with E-state index in [0.29, 0.717) is 18.1 Å². The topological polar surface area (TPSA) is 59.0 Å². The number of amides is 2. The lowest BCUT2D eigenvalue weighted by Gasteiger charge is -2.09. The number of halogens is 1. The largest absolute Gasteiger partial charge is 0.334 e. The Morgan fingerprint density at radius 3 is 2.42 bits per heavy atom. The van der Waals surface area contributed by atoms with Gasteiger partial charge in [-0.05, 0) is 41.5 Å². The molecular weight excluding hydrogens is 324 g/mol. The number of hydrogen-bond donors (Lipinski definition) is 2.